The third-order valence-corrected chi connectivity index (χ3v) is 5.89. The molecule has 0 radical (unpaired) electrons. The van der Waals surface area contributed by atoms with Gasteiger partial charge in [-0.15, -0.1) is 11.3 Å². The van der Waals surface area contributed by atoms with Gasteiger partial charge in [0.1, 0.15) is 11.4 Å². The Kier molecular flexibility index (Phi) is 6.63. The number of fused-ring (bicyclic) bond motifs is 1. The molecule has 0 atom stereocenters. The monoisotopic (exact) mass is 428 g/mol. The topological polar surface area (TPSA) is 102 Å². The van der Waals surface area contributed by atoms with E-state index in [-0.39, 0.29) is 23.9 Å². The zero-order valence-electron chi connectivity index (χ0n) is 17.4. The Bertz CT molecular complexity index is 1170. The zero-order chi connectivity index (χ0) is 21.8. The molecule has 2 N–H and O–H groups in total. The lowest BCUT2D eigenvalue weighted by atomic mass is 10.1. The van der Waals surface area contributed by atoms with Crippen LogP contribution in [0.1, 0.15) is 26.4 Å². The molecule has 0 saturated carbocycles. The second kappa shape index (κ2) is 9.19. The highest BCUT2D eigenvalue weighted by molar-refractivity contribution is 7.20. The lowest BCUT2D eigenvalue weighted by Crippen LogP contribution is -2.34. The molecule has 0 aliphatic rings. The molecule has 158 valence electrons. The number of methoxy groups -OCH3 is 1. The van der Waals surface area contributed by atoms with Gasteiger partial charge in [-0.3, -0.25) is 19.0 Å². The summed E-state index contributed by atoms with van der Waals surface area (Å²) in [5.41, 5.74) is 3.01. The van der Waals surface area contributed by atoms with Gasteiger partial charge < -0.3 is 15.4 Å². The maximum atomic E-state index is 12.9. The molecular formula is C21H24N4O4S. The summed E-state index contributed by atoms with van der Waals surface area (Å²) in [7, 11) is 1.54. The van der Waals surface area contributed by atoms with E-state index in [0.717, 1.165) is 16.8 Å². The van der Waals surface area contributed by atoms with Gasteiger partial charge in [0.2, 0.25) is 5.91 Å². The van der Waals surface area contributed by atoms with Crippen LogP contribution in [0.15, 0.2) is 29.3 Å². The zero-order valence-corrected chi connectivity index (χ0v) is 18.2. The third kappa shape index (κ3) is 4.58. The van der Waals surface area contributed by atoms with Crippen LogP contribution in [0.3, 0.4) is 0 Å². The van der Waals surface area contributed by atoms with Crippen molar-refractivity contribution in [1.29, 1.82) is 0 Å². The van der Waals surface area contributed by atoms with Crippen LogP contribution in [0.4, 0.5) is 5.69 Å². The van der Waals surface area contributed by atoms with Crippen molar-refractivity contribution in [3.63, 3.8) is 0 Å². The molecule has 0 aliphatic carbocycles. The minimum Gasteiger partial charge on any atom is -0.383 e. The lowest BCUT2D eigenvalue weighted by molar-refractivity contribution is -0.121. The van der Waals surface area contributed by atoms with Crippen LogP contribution in [-0.2, 0) is 16.1 Å². The van der Waals surface area contributed by atoms with E-state index in [2.05, 4.69) is 15.6 Å². The fourth-order valence-corrected chi connectivity index (χ4v) is 4.16. The number of nitrogens with zero attached hydrogens (tertiary/aromatic N) is 2. The largest absolute Gasteiger partial charge is 0.383 e. The first kappa shape index (κ1) is 21.7. The molecular weight excluding hydrogens is 404 g/mol. The minimum atomic E-state index is -0.346. The van der Waals surface area contributed by atoms with E-state index < -0.39 is 0 Å². The summed E-state index contributed by atoms with van der Waals surface area (Å²) in [5, 5.41) is 5.94. The van der Waals surface area contributed by atoms with Crippen molar-refractivity contribution >= 4 is 39.1 Å². The van der Waals surface area contributed by atoms with Gasteiger partial charge in [-0.05, 0) is 38.0 Å². The van der Waals surface area contributed by atoms with E-state index >= 15 is 0 Å². The number of hydrogen-bond donors (Lipinski definition) is 2. The van der Waals surface area contributed by atoms with E-state index in [0.29, 0.717) is 33.8 Å². The molecule has 9 heteroatoms. The second-order valence-corrected chi connectivity index (χ2v) is 8.03. The number of aromatic nitrogens is 2. The SMILES string of the molecule is COCCNC(=O)Cn1cnc2sc(C(=O)Nc3ccc(C)cc3C)c(C)c2c1=O. The second-order valence-electron chi connectivity index (χ2n) is 7.03. The van der Waals surface area contributed by atoms with Gasteiger partial charge in [0, 0.05) is 19.3 Å². The van der Waals surface area contributed by atoms with Crippen LogP contribution in [0, 0.1) is 20.8 Å². The van der Waals surface area contributed by atoms with E-state index in [1.165, 1.54) is 22.2 Å². The molecule has 2 amide bonds. The standard InChI is InChI=1S/C21H24N4O4S/c1-12-5-6-15(13(2)9-12)24-19(27)18-14(3)17-20(30-18)23-11-25(21(17)28)10-16(26)22-7-8-29-4/h5-6,9,11H,7-8,10H2,1-4H3,(H,22,26)(H,24,27). The van der Waals surface area contributed by atoms with Crippen molar-refractivity contribution in [2.45, 2.75) is 27.3 Å². The number of benzene rings is 1. The van der Waals surface area contributed by atoms with Crippen molar-refractivity contribution in [2.75, 3.05) is 25.6 Å². The van der Waals surface area contributed by atoms with Crippen LogP contribution < -0.4 is 16.2 Å². The summed E-state index contributed by atoms with van der Waals surface area (Å²) in [6.07, 6.45) is 1.34. The van der Waals surface area contributed by atoms with Crippen molar-refractivity contribution < 1.29 is 14.3 Å². The number of anilines is 1. The Balaban J connectivity index is 1.86. The Hall–Kier alpha value is -3.04. The fraction of sp³-hybridized carbons (Fsp3) is 0.333. The average Bonchev–Trinajstić information content (AvgIpc) is 3.04. The van der Waals surface area contributed by atoms with Crippen LogP contribution in [-0.4, -0.2) is 41.6 Å². The van der Waals surface area contributed by atoms with Crippen molar-refractivity contribution in [3.05, 3.63) is 56.4 Å². The number of aryl methyl sites for hydroxylation is 3. The van der Waals surface area contributed by atoms with Crippen molar-refractivity contribution in [1.82, 2.24) is 14.9 Å². The first-order valence-electron chi connectivity index (χ1n) is 9.44. The summed E-state index contributed by atoms with van der Waals surface area (Å²) in [5.74, 6) is -0.596. The summed E-state index contributed by atoms with van der Waals surface area (Å²) in [6.45, 7) is 6.24. The van der Waals surface area contributed by atoms with Crippen LogP contribution >= 0.6 is 11.3 Å². The number of carbonyl (C=O) groups is 2. The van der Waals surface area contributed by atoms with Gasteiger partial charge in [-0.25, -0.2) is 4.98 Å². The first-order valence-corrected chi connectivity index (χ1v) is 10.3. The van der Waals surface area contributed by atoms with Crippen LogP contribution in [0.5, 0.6) is 0 Å². The molecule has 3 rings (SSSR count). The smallest absolute Gasteiger partial charge is 0.266 e. The molecule has 0 saturated heterocycles. The van der Waals surface area contributed by atoms with E-state index in [1.807, 2.05) is 32.0 Å². The number of rotatable bonds is 7. The highest BCUT2D eigenvalue weighted by Crippen LogP contribution is 2.28. The van der Waals surface area contributed by atoms with Gasteiger partial charge in [0.15, 0.2) is 0 Å². The molecule has 0 spiro atoms. The lowest BCUT2D eigenvalue weighted by Gasteiger charge is -2.08. The van der Waals surface area contributed by atoms with Gasteiger partial charge in [-0.2, -0.15) is 0 Å². The van der Waals surface area contributed by atoms with Crippen molar-refractivity contribution in [2.24, 2.45) is 0 Å². The summed E-state index contributed by atoms with van der Waals surface area (Å²) < 4.78 is 6.13. The maximum Gasteiger partial charge on any atom is 0.266 e. The Morgan fingerprint density at radius 3 is 2.70 bits per heavy atom. The van der Waals surface area contributed by atoms with E-state index in [1.54, 1.807) is 14.0 Å². The number of thiophene rings is 1. The molecule has 2 heterocycles. The Morgan fingerprint density at radius 1 is 1.23 bits per heavy atom. The minimum absolute atomic E-state index is 0.148. The Labute approximate surface area is 177 Å². The van der Waals surface area contributed by atoms with Crippen molar-refractivity contribution in [3.8, 4) is 0 Å². The normalized spacial score (nSPS) is 10.9. The number of amides is 2. The number of ether oxygens (including phenoxy) is 1. The molecule has 0 unspecified atom stereocenters. The van der Waals surface area contributed by atoms with Gasteiger partial charge in [-0.1, -0.05) is 17.7 Å². The molecule has 1 aromatic carbocycles. The van der Waals surface area contributed by atoms with Gasteiger partial charge in [0.25, 0.3) is 11.5 Å². The van der Waals surface area contributed by atoms with Crippen LogP contribution in [0.2, 0.25) is 0 Å². The van der Waals surface area contributed by atoms with E-state index in [4.69, 9.17) is 4.74 Å². The summed E-state index contributed by atoms with van der Waals surface area (Å²) in [4.78, 5) is 42.9. The number of nitrogens with one attached hydrogen (secondary N) is 2. The molecule has 0 bridgehead atoms. The fourth-order valence-electron chi connectivity index (χ4n) is 3.12. The van der Waals surface area contributed by atoms with Gasteiger partial charge in [0.05, 0.1) is 23.2 Å². The molecule has 30 heavy (non-hydrogen) atoms. The predicted octanol–water partition coefficient (Wildman–Crippen LogP) is 2.40. The molecule has 0 aliphatic heterocycles. The highest BCUT2D eigenvalue weighted by Gasteiger charge is 2.20. The predicted molar refractivity (Wildman–Crippen MR) is 117 cm³/mol. The van der Waals surface area contributed by atoms with Crippen LogP contribution in [0.25, 0.3) is 10.2 Å². The third-order valence-electron chi connectivity index (χ3n) is 4.70. The molecule has 3 aromatic rings. The van der Waals surface area contributed by atoms with Gasteiger partial charge >= 0.3 is 0 Å². The molecule has 2 aromatic heterocycles. The number of hydrogen-bond acceptors (Lipinski definition) is 6. The Morgan fingerprint density at radius 2 is 2.00 bits per heavy atom. The quantitative estimate of drug-likeness (QED) is 0.563. The molecule has 8 nitrogen and oxygen atoms in total. The highest BCUT2D eigenvalue weighted by atomic mass is 32.1. The number of carbonyl (C=O) groups excluding carboxylic acids is 2. The average molecular weight is 429 g/mol. The van der Waals surface area contributed by atoms with E-state index in [9.17, 15) is 14.4 Å². The summed E-state index contributed by atoms with van der Waals surface area (Å²) >= 11 is 1.17. The maximum absolute atomic E-state index is 12.9. The molecule has 0 fully saturated rings. The first-order chi connectivity index (χ1) is 14.3. The summed E-state index contributed by atoms with van der Waals surface area (Å²) in [6, 6.07) is 5.78.